The molecule has 5 nitrogen and oxygen atoms in total. The summed E-state index contributed by atoms with van der Waals surface area (Å²) in [6, 6.07) is 0. The number of nitrogens with one attached hydrogen (secondary N) is 2. The van der Waals surface area contributed by atoms with Gasteiger partial charge in [0.1, 0.15) is 0 Å². The molecule has 2 aliphatic heterocycles. The van der Waals surface area contributed by atoms with Crippen molar-refractivity contribution in [3.05, 3.63) is 0 Å². The third kappa shape index (κ3) is 3.88. The Labute approximate surface area is 95.4 Å². The first kappa shape index (κ1) is 13.8. The van der Waals surface area contributed by atoms with Gasteiger partial charge in [0.25, 0.3) is 0 Å². The van der Waals surface area contributed by atoms with Crippen LogP contribution in [-0.4, -0.2) is 41.8 Å². The van der Waals surface area contributed by atoms with Gasteiger partial charge in [-0.1, -0.05) is 0 Å². The average Bonchev–Trinajstić information content (AvgIpc) is 2.77. The van der Waals surface area contributed by atoms with Gasteiger partial charge in [-0.2, -0.15) is 13.2 Å². The summed E-state index contributed by atoms with van der Waals surface area (Å²) < 4.78 is 31.7. The minimum absolute atomic E-state index is 0.150. The lowest BCUT2D eigenvalue weighted by molar-refractivity contribution is -0.192. The van der Waals surface area contributed by atoms with Crippen LogP contribution in [-0.2, 0) is 9.59 Å². The number of rotatable bonds is 0. The molecule has 0 aromatic carbocycles. The number of carbonyl (C=O) groups is 2. The first-order chi connectivity index (χ1) is 7.75. The molecule has 1 atom stereocenters. The van der Waals surface area contributed by atoms with E-state index in [9.17, 15) is 18.0 Å². The second-order valence-electron chi connectivity index (χ2n) is 4.06. The molecule has 0 saturated carbocycles. The Morgan fingerprint density at radius 1 is 1.35 bits per heavy atom. The average molecular weight is 254 g/mol. The van der Waals surface area contributed by atoms with Gasteiger partial charge in [-0.05, 0) is 19.4 Å². The molecule has 1 spiro atoms. The molecule has 0 aromatic rings. The number of hydrogen-bond donors (Lipinski definition) is 3. The van der Waals surface area contributed by atoms with Crippen LogP contribution < -0.4 is 10.6 Å². The standard InChI is InChI=1S/C7H12N2O.C2HF3O2/c10-6-1-2-7(9-6)3-4-8-5-7;3-2(4,5)1(6)7/h8H,1-5H2,(H,9,10);(H,6,7). The lowest BCUT2D eigenvalue weighted by atomic mass is 9.97. The Morgan fingerprint density at radius 2 is 1.94 bits per heavy atom. The Kier molecular flexibility index (Phi) is 3.97. The zero-order valence-corrected chi connectivity index (χ0v) is 8.93. The number of halogens is 3. The van der Waals surface area contributed by atoms with E-state index in [1.54, 1.807) is 0 Å². The lowest BCUT2D eigenvalue weighted by Gasteiger charge is -2.20. The quantitative estimate of drug-likeness (QED) is 0.579. The maximum atomic E-state index is 10.9. The highest BCUT2D eigenvalue weighted by Crippen LogP contribution is 2.25. The minimum Gasteiger partial charge on any atom is -0.475 e. The SMILES string of the molecule is O=C(O)C(F)(F)F.O=C1CCC2(CCNC2)N1. The van der Waals surface area contributed by atoms with Gasteiger partial charge in [0.05, 0.1) is 5.54 Å². The highest BCUT2D eigenvalue weighted by molar-refractivity contribution is 5.79. The second kappa shape index (κ2) is 4.91. The van der Waals surface area contributed by atoms with Gasteiger partial charge in [0, 0.05) is 13.0 Å². The lowest BCUT2D eigenvalue weighted by Crippen LogP contribution is -2.43. The maximum absolute atomic E-state index is 10.9. The van der Waals surface area contributed by atoms with E-state index in [1.165, 1.54) is 0 Å². The van der Waals surface area contributed by atoms with Crippen LogP contribution in [0.3, 0.4) is 0 Å². The Balaban J connectivity index is 0.000000185. The molecule has 8 heteroatoms. The van der Waals surface area contributed by atoms with E-state index in [4.69, 9.17) is 9.90 Å². The van der Waals surface area contributed by atoms with Gasteiger partial charge >= 0.3 is 12.1 Å². The molecule has 2 rings (SSSR count). The van der Waals surface area contributed by atoms with Crippen molar-refractivity contribution in [2.45, 2.75) is 31.0 Å². The first-order valence-electron chi connectivity index (χ1n) is 5.07. The van der Waals surface area contributed by atoms with Crippen molar-refractivity contribution < 1.29 is 27.9 Å². The van der Waals surface area contributed by atoms with Gasteiger partial charge in [-0.25, -0.2) is 4.79 Å². The Morgan fingerprint density at radius 3 is 2.24 bits per heavy atom. The topological polar surface area (TPSA) is 78.4 Å². The summed E-state index contributed by atoms with van der Waals surface area (Å²) in [6.45, 7) is 2.03. The summed E-state index contributed by atoms with van der Waals surface area (Å²) in [6.07, 6.45) is -2.22. The number of hydrogen-bond acceptors (Lipinski definition) is 3. The third-order valence-corrected chi connectivity index (χ3v) is 2.72. The predicted octanol–water partition coefficient (Wildman–Crippen LogP) is 0.262. The maximum Gasteiger partial charge on any atom is 0.490 e. The normalized spacial score (nSPS) is 27.6. The van der Waals surface area contributed by atoms with Crippen molar-refractivity contribution in [1.82, 2.24) is 10.6 Å². The summed E-state index contributed by atoms with van der Waals surface area (Å²) in [7, 11) is 0. The molecule has 17 heavy (non-hydrogen) atoms. The largest absolute Gasteiger partial charge is 0.490 e. The zero-order valence-electron chi connectivity index (χ0n) is 8.93. The van der Waals surface area contributed by atoms with Crippen LogP contribution in [0.2, 0.25) is 0 Å². The predicted molar refractivity (Wildman–Crippen MR) is 51.3 cm³/mol. The van der Waals surface area contributed by atoms with Crippen molar-refractivity contribution in [1.29, 1.82) is 0 Å². The fourth-order valence-corrected chi connectivity index (χ4v) is 1.84. The van der Waals surface area contributed by atoms with E-state index >= 15 is 0 Å². The van der Waals surface area contributed by atoms with E-state index in [1.807, 2.05) is 0 Å². The highest BCUT2D eigenvalue weighted by atomic mass is 19.4. The molecular formula is C9H13F3N2O3. The molecule has 98 valence electrons. The number of carboxylic acids is 1. The minimum atomic E-state index is -5.08. The van der Waals surface area contributed by atoms with Crippen LogP contribution in [0.5, 0.6) is 0 Å². The zero-order chi connectivity index (χ0) is 13.1. The fourth-order valence-electron chi connectivity index (χ4n) is 1.84. The summed E-state index contributed by atoms with van der Waals surface area (Å²) in [5, 5.41) is 13.4. The van der Waals surface area contributed by atoms with Crippen LogP contribution in [0, 0.1) is 0 Å². The second-order valence-corrected chi connectivity index (χ2v) is 4.06. The van der Waals surface area contributed by atoms with Crippen molar-refractivity contribution in [2.75, 3.05) is 13.1 Å². The number of alkyl halides is 3. The first-order valence-corrected chi connectivity index (χ1v) is 5.07. The molecule has 0 aliphatic carbocycles. The molecule has 2 aliphatic rings. The molecule has 1 amide bonds. The van der Waals surface area contributed by atoms with Gasteiger partial charge in [0.15, 0.2) is 0 Å². The number of aliphatic carboxylic acids is 1. The van der Waals surface area contributed by atoms with E-state index < -0.39 is 12.1 Å². The Hall–Kier alpha value is -1.31. The molecule has 2 fully saturated rings. The van der Waals surface area contributed by atoms with Gasteiger partial charge in [-0.3, -0.25) is 4.79 Å². The summed E-state index contributed by atoms with van der Waals surface area (Å²) in [5.41, 5.74) is 0.150. The monoisotopic (exact) mass is 254 g/mol. The van der Waals surface area contributed by atoms with E-state index in [-0.39, 0.29) is 11.4 Å². The van der Waals surface area contributed by atoms with Crippen molar-refractivity contribution in [3.63, 3.8) is 0 Å². The van der Waals surface area contributed by atoms with Crippen LogP contribution in [0.1, 0.15) is 19.3 Å². The van der Waals surface area contributed by atoms with E-state index in [0.29, 0.717) is 0 Å². The van der Waals surface area contributed by atoms with Gasteiger partial charge < -0.3 is 15.7 Å². The molecule has 2 heterocycles. The van der Waals surface area contributed by atoms with Gasteiger partial charge in [0.2, 0.25) is 5.91 Å². The smallest absolute Gasteiger partial charge is 0.475 e. The summed E-state index contributed by atoms with van der Waals surface area (Å²) in [5.74, 6) is -2.53. The van der Waals surface area contributed by atoms with Crippen LogP contribution in [0.25, 0.3) is 0 Å². The van der Waals surface area contributed by atoms with Crippen LogP contribution >= 0.6 is 0 Å². The van der Waals surface area contributed by atoms with Gasteiger partial charge in [-0.15, -0.1) is 0 Å². The third-order valence-electron chi connectivity index (χ3n) is 2.72. The molecule has 2 saturated heterocycles. The molecular weight excluding hydrogens is 241 g/mol. The van der Waals surface area contributed by atoms with E-state index in [2.05, 4.69) is 10.6 Å². The van der Waals surface area contributed by atoms with Crippen molar-refractivity contribution in [3.8, 4) is 0 Å². The van der Waals surface area contributed by atoms with Crippen molar-refractivity contribution >= 4 is 11.9 Å². The summed E-state index contributed by atoms with van der Waals surface area (Å²) >= 11 is 0. The molecule has 0 aromatic heterocycles. The number of amides is 1. The van der Waals surface area contributed by atoms with Crippen molar-refractivity contribution in [2.24, 2.45) is 0 Å². The fraction of sp³-hybridized carbons (Fsp3) is 0.778. The van der Waals surface area contributed by atoms with Crippen LogP contribution in [0.4, 0.5) is 13.2 Å². The highest BCUT2D eigenvalue weighted by Gasteiger charge is 2.39. The summed E-state index contributed by atoms with van der Waals surface area (Å²) in [4.78, 5) is 19.8. The number of carbonyl (C=O) groups excluding carboxylic acids is 1. The van der Waals surface area contributed by atoms with Crippen LogP contribution in [0.15, 0.2) is 0 Å². The molecule has 3 N–H and O–H groups in total. The van der Waals surface area contributed by atoms with E-state index in [0.717, 1.165) is 32.4 Å². The molecule has 0 bridgehead atoms. The molecule has 0 radical (unpaired) electrons. The Bertz CT molecular complexity index is 311. The number of carboxylic acid groups (broad SMARTS) is 1. The molecule has 1 unspecified atom stereocenters.